The number of methoxy groups -OCH3 is 1. The third-order valence-electron chi connectivity index (χ3n) is 6.50. The Kier molecular flexibility index (Phi) is 11.9. The van der Waals surface area contributed by atoms with Crippen molar-refractivity contribution in [2.24, 2.45) is 0 Å². The van der Waals surface area contributed by atoms with Crippen LogP contribution >= 0.6 is 0 Å². The standard InChI is InChI=1S/C33H42N2O4/c1-6-7-8-9-22-34-33(36)39-31-20-14-28(15-21-31)32(25(2)26-10-16-29(37-5)17-11-26)27-12-18-30(19-13-27)38-24-23-35(3)4/h10-21H,6-9,22-24H2,1-5H3,(H,34,36)/b32-25+. The Balaban J connectivity index is 1.82. The largest absolute Gasteiger partial charge is 0.497 e. The average Bonchev–Trinajstić information content (AvgIpc) is 2.94. The van der Waals surface area contributed by atoms with Crippen LogP contribution in [-0.4, -0.2) is 51.9 Å². The minimum absolute atomic E-state index is 0.422. The van der Waals surface area contributed by atoms with Gasteiger partial charge in [-0.15, -0.1) is 0 Å². The molecular weight excluding hydrogens is 488 g/mol. The number of likely N-dealkylation sites (N-methyl/N-ethyl adjacent to an activating group) is 1. The fourth-order valence-electron chi connectivity index (χ4n) is 4.22. The molecule has 3 aromatic carbocycles. The van der Waals surface area contributed by atoms with Crippen LogP contribution in [0.5, 0.6) is 17.2 Å². The second-order valence-corrected chi connectivity index (χ2v) is 9.81. The summed E-state index contributed by atoms with van der Waals surface area (Å²) in [6.45, 7) is 6.40. The van der Waals surface area contributed by atoms with Crippen molar-refractivity contribution in [2.75, 3.05) is 40.9 Å². The number of ether oxygens (including phenoxy) is 3. The lowest BCUT2D eigenvalue weighted by atomic mass is 9.90. The van der Waals surface area contributed by atoms with E-state index in [0.29, 0.717) is 18.9 Å². The van der Waals surface area contributed by atoms with Crippen molar-refractivity contribution in [3.63, 3.8) is 0 Å². The lowest BCUT2D eigenvalue weighted by molar-refractivity contribution is 0.200. The van der Waals surface area contributed by atoms with Crippen molar-refractivity contribution in [3.05, 3.63) is 89.5 Å². The first-order valence-corrected chi connectivity index (χ1v) is 13.7. The summed E-state index contributed by atoms with van der Waals surface area (Å²) in [5.41, 5.74) is 5.41. The highest BCUT2D eigenvalue weighted by Gasteiger charge is 2.13. The number of hydrogen-bond donors (Lipinski definition) is 1. The number of allylic oxidation sites excluding steroid dienone is 1. The van der Waals surface area contributed by atoms with Crippen molar-refractivity contribution >= 4 is 17.2 Å². The van der Waals surface area contributed by atoms with Crippen LogP contribution in [0.3, 0.4) is 0 Å². The molecule has 6 nitrogen and oxygen atoms in total. The minimum atomic E-state index is -0.422. The van der Waals surface area contributed by atoms with Gasteiger partial charge in [-0.25, -0.2) is 4.79 Å². The number of amides is 1. The maximum Gasteiger partial charge on any atom is 0.412 e. The maximum atomic E-state index is 12.2. The molecule has 0 unspecified atom stereocenters. The van der Waals surface area contributed by atoms with Crippen molar-refractivity contribution in [3.8, 4) is 17.2 Å². The van der Waals surface area contributed by atoms with Gasteiger partial charge in [-0.3, -0.25) is 0 Å². The van der Waals surface area contributed by atoms with E-state index in [4.69, 9.17) is 14.2 Å². The highest BCUT2D eigenvalue weighted by molar-refractivity contribution is 5.98. The second-order valence-electron chi connectivity index (χ2n) is 9.81. The lowest BCUT2D eigenvalue weighted by Crippen LogP contribution is -2.27. The molecule has 0 fully saturated rings. The van der Waals surface area contributed by atoms with E-state index in [1.165, 1.54) is 12.8 Å². The van der Waals surface area contributed by atoms with E-state index >= 15 is 0 Å². The Bertz CT molecular complexity index is 1180. The number of benzene rings is 3. The first-order valence-electron chi connectivity index (χ1n) is 13.7. The summed E-state index contributed by atoms with van der Waals surface area (Å²) in [6.07, 6.45) is 3.99. The van der Waals surface area contributed by atoms with Crippen LogP contribution in [-0.2, 0) is 0 Å². The molecule has 6 heteroatoms. The molecule has 0 spiro atoms. The topological polar surface area (TPSA) is 60.0 Å². The molecular formula is C33H42N2O4. The van der Waals surface area contributed by atoms with E-state index in [1.807, 2.05) is 62.6 Å². The van der Waals surface area contributed by atoms with E-state index in [9.17, 15) is 4.79 Å². The molecule has 208 valence electrons. The van der Waals surface area contributed by atoms with Gasteiger partial charge in [0.15, 0.2) is 0 Å². The summed E-state index contributed by atoms with van der Waals surface area (Å²) in [5.74, 6) is 2.17. The fourth-order valence-corrected chi connectivity index (χ4v) is 4.22. The normalized spacial score (nSPS) is 11.6. The van der Waals surface area contributed by atoms with Crippen molar-refractivity contribution in [1.82, 2.24) is 10.2 Å². The number of nitrogens with one attached hydrogen (secondary N) is 1. The van der Waals surface area contributed by atoms with Crippen molar-refractivity contribution in [2.45, 2.75) is 39.5 Å². The van der Waals surface area contributed by atoms with Crippen LogP contribution in [0.25, 0.3) is 11.1 Å². The van der Waals surface area contributed by atoms with Crippen LogP contribution in [0.2, 0.25) is 0 Å². The number of rotatable bonds is 14. The minimum Gasteiger partial charge on any atom is -0.497 e. The van der Waals surface area contributed by atoms with Gasteiger partial charge in [0.05, 0.1) is 7.11 Å². The van der Waals surface area contributed by atoms with Crippen LogP contribution in [0.15, 0.2) is 72.8 Å². The van der Waals surface area contributed by atoms with Crippen LogP contribution < -0.4 is 19.5 Å². The van der Waals surface area contributed by atoms with Crippen molar-refractivity contribution < 1.29 is 19.0 Å². The van der Waals surface area contributed by atoms with Crippen LogP contribution in [0, 0.1) is 0 Å². The molecule has 0 saturated heterocycles. The Labute approximate surface area is 233 Å². The number of carbonyl (C=O) groups is 1. The zero-order chi connectivity index (χ0) is 28.0. The Morgan fingerprint density at radius 2 is 1.33 bits per heavy atom. The van der Waals surface area contributed by atoms with E-state index in [1.54, 1.807) is 7.11 Å². The Morgan fingerprint density at radius 3 is 1.90 bits per heavy atom. The number of hydrogen-bond acceptors (Lipinski definition) is 5. The Hall–Kier alpha value is -3.77. The summed E-state index contributed by atoms with van der Waals surface area (Å²) in [6, 6.07) is 23.9. The highest BCUT2D eigenvalue weighted by atomic mass is 16.6. The van der Waals surface area contributed by atoms with E-state index in [-0.39, 0.29) is 0 Å². The molecule has 0 aliphatic heterocycles. The first-order chi connectivity index (χ1) is 18.9. The smallest absolute Gasteiger partial charge is 0.412 e. The molecule has 0 aliphatic rings. The van der Waals surface area contributed by atoms with Gasteiger partial charge in [-0.05, 0) is 91.7 Å². The molecule has 0 aliphatic carbocycles. The van der Waals surface area contributed by atoms with Gasteiger partial charge in [0.2, 0.25) is 0 Å². The van der Waals surface area contributed by atoms with Gasteiger partial charge in [0.25, 0.3) is 0 Å². The summed E-state index contributed by atoms with van der Waals surface area (Å²) in [4.78, 5) is 14.3. The van der Waals surface area contributed by atoms with E-state index < -0.39 is 6.09 Å². The quantitative estimate of drug-likeness (QED) is 0.175. The van der Waals surface area contributed by atoms with Crippen LogP contribution in [0.1, 0.15) is 56.2 Å². The monoisotopic (exact) mass is 530 g/mol. The molecule has 1 amide bonds. The third kappa shape index (κ3) is 9.48. The third-order valence-corrected chi connectivity index (χ3v) is 6.50. The number of unbranched alkanes of at least 4 members (excludes halogenated alkanes) is 3. The van der Waals surface area contributed by atoms with Gasteiger partial charge in [0.1, 0.15) is 23.9 Å². The summed E-state index contributed by atoms with van der Waals surface area (Å²) in [5, 5.41) is 2.83. The molecule has 0 radical (unpaired) electrons. The van der Waals surface area contributed by atoms with E-state index in [0.717, 1.165) is 58.7 Å². The van der Waals surface area contributed by atoms with E-state index in [2.05, 4.69) is 48.3 Å². The fraction of sp³-hybridized carbons (Fsp3) is 0.364. The van der Waals surface area contributed by atoms with Crippen molar-refractivity contribution in [1.29, 1.82) is 0 Å². The zero-order valence-corrected chi connectivity index (χ0v) is 24.0. The molecule has 3 aromatic rings. The summed E-state index contributed by atoms with van der Waals surface area (Å²) < 4.78 is 16.7. The SMILES string of the molecule is CCCCCCNC(=O)Oc1ccc(/C(=C(\C)c2ccc(OC)cc2)c2ccc(OCCN(C)C)cc2)cc1. The van der Waals surface area contributed by atoms with Crippen LogP contribution in [0.4, 0.5) is 4.79 Å². The Morgan fingerprint density at radius 1 is 0.769 bits per heavy atom. The molecule has 39 heavy (non-hydrogen) atoms. The van der Waals surface area contributed by atoms with Gasteiger partial charge in [-0.1, -0.05) is 62.6 Å². The van der Waals surface area contributed by atoms with Gasteiger partial charge in [-0.2, -0.15) is 0 Å². The molecule has 0 aromatic heterocycles. The molecule has 0 saturated carbocycles. The molecule has 0 atom stereocenters. The zero-order valence-electron chi connectivity index (χ0n) is 24.0. The highest BCUT2D eigenvalue weighted by Crippen LogP contribution is 2.34. The molecule has 1 N–H and O–H groups in total. The number of nitrogens with zero attached hydrogens (tertiary/aromatic N) is 1. The predicted octanol–water partition coefficient (Wildman–Crippen LogP) is 7.28. The summed E-state index contributed by atoms with van der Waals surface area (Å²) in [7, 11) is 5.73. The molecule has 0 heterocycles. The van der Waals surface area contributed by atoms with Gasteiger partial charge in [0, 0.05) is 13.1 Å². The first kappa shape index (κ1) is 29.8. The predicted molar refractivity (Wildman–Crippen MR) is 160 cm³/mol. The lowest BCUT2D eigenvalue weighted by Gasteiger charge is -2.16. The number of carbonyl (C=O) groups excluding carboxylic acids is 1. The maximum absolute atomic E-state index is 12.2. The van der Waals surface area contributed by atoms with Gasteiger partial charge < -0.3 is 24.4 Å². The van der Waals surface area contributed by atoms with Gasteiger partial charge >= 0.3 is 6.09 Å². The molecule has 0 bridgehead atoms. The average molecular weight is 531 g/mol. The molecule has 3 rings (SSSR count). The second kappa shape index (κ2) is 15.6. The summed E-state index contributed by atoms with van der Waals surface area (Å²) >= 11 is 0.